The molecule has 0 unspecified atom stereocenters. The SMILES string of the molecule is COCc1noc(-c2cc(C3CC3)nc3c2cnn3[C@@H](C)C2CC2)n1. The predicted octanol–water partition coefficient (Wildman–Crippen LogP) is 3.48. The van der Waals surface area contributed by atoms with Gasteiger partial charge in [0.1, 0.15) is 6.61 Å². The lowest BCUT2D eigenvalue weighted by atomic mass is 10.1. The summed E-state index contributed by atoms with van der Waals surface area (Å²) in [5, 5.41) is 9.62. The maximum atomic E-state index is 5.49. The van der Waals surface area contributed by atoms with Gasteiger partial charge >= 0.3 is 0 Å². The van der Waals surface area contributed by atoms with Gasteiger partial charge in [-0.05, 0) is 44.6 Å². The van der Waals surface area contributed by atoms with E-state index in [9.17, 15) is 0 Å². The molecule has 3 heterocycles. The summed E-state index contributed by atoms with van der Waals surface area (Å²) in [6.07, 6.45) is 6.84. The molecule has 5 rings (SSSR count). The van der Waals surface area contributed by atoms with E-state index < -0.39 is 0 Å². The Labute approximate surface area is 145 Å². The summed E-state index contributed by atoms with van der Waals surface area (Å²) in [5.41, 5.74) is 2.97. The summed E-state index contributed by atoms with van der Waals surface area (Å²) in [6, 6.07) is 2.47. The minimum atomic E-state index is 0.338. The van der Waals surface area contributed by atoms with Crippen molar-refractivity contribution in [2.75, 3.05) is 7.11 Å². The molecule has 0 aliphatic heterocycles. The van der Waals surface area contributed by atoms with Crippen molar-refractivity contribution in [3.8, 4) is 11.5 Å². The fourth-order valence-electron chi connectivity index (χ4n) is 3.43. The quantitative estimate of drug-likeness (QED) is 0.684. The normalized spacial score (nSPS) is 18.8. The number of pyridine rings is 1. The van der Waals surface area contributed by atoms with Crippen molar-refractivity contribution in [1.29, 1.82) is 0 Å². The fraction of sp³-hybridized carbons (Fsp3) is 0.556. The molecule has 1 atom stereocenters. The second kappa shape index (κ2) is 5.62. The minimum absolute atomic E-state index is 0.338. The van der Waals surface area contributed by atoms with Gasteiger partial charge in [0.25, 0.3) is 5.89 Å². The zero-order valence-corrected chi connectivity index (χ0v) is 14.5. The third-order valence-electron chi connectivity index (χ3n) is 5.24. The summed E-state index contributed by atoms with van der Waals surface area (Å²) in [6.45, 7) is 2.57. The summed E-state index contributed by atoms with van der Waals surface area (Å²) >= 11 is 0. The molecule has 0 radical (unpaired) electrons. The van der Waals surface area contributed by atoms with Gasteiger partial charge in [-0.25, -0.2) is 9.67 Å². The third-order valence-corrected chi connectivity index (χ3v) is 5.24. The number of aromatic nitrogens is 5. The van der Waals surface area contributed by atoms with Gasteiger partial charge in [0.15, 0.2) is 11.5 Å². The number of rotatable bonds is 6. The first-order valence-corrected chi connectivity index (χ1v) is 8.94. The highest BCUT2D eigenvalue weighted by atomic mass is 16.5. The second-order valence-electron chi connectivity index (χ2n) is 7.22. The molecule has 0 aromatic carbocycles. The molecule has 2 saturated carbocycles. The molecule has 130 valence electrons. The Hall–Kier alpha value is -2.28. The lowest BCUT2D eigenvalue weighted by Gasteiger charge is -2.12. The zero-order chi connectivity index (χ0) is 17.0. The Kier molecular flexibility index (Phi) is 3.38. The van der Waals surface area contributed by atoms with E-state index in [1.165, 1.54) is 25.7 Å². The van der Waals surface area contributed by atoms with Crippen molar-refractivity contribution < 1.29 is 9.26 Å². The van der Waals surface area contributed by atoms with Gasteiger partial charge in [-0.3, -0.25) is 0 Å². The largest absolute Gasteiger partial charge is 0.377 e. The van der Waals surface area contributed by atoms with E-state index >= 15 is 0 Å². The van der Waals surface area contributed by atoms with E-state index in [1.54, 1.807) is 7.11 Å². The summed E-state index contributed by atoms with van der Waals surface area (Å²) < 4.78 is 12.7. The van der Waals surface area contributed by atoms with Crippen LogP contribution in [0.3, 0.4) is 0 Å². The van der Waals surface area contributed by atoms with Crippen LogP contribution in [0.4, 0.5) is 0 Å². The van der Waals surface area contributed by atoms with Gasteiger partial charge in [0.2, 0.25) is 0 Å². The molecular weight excluding hydrogens is 318 g/mol. The number of ether oxygens (including phenoxy) is 1. The van der Waals surface area contributed by atoms with Crippen LogP contribution >= 0.6 is 0 Å². The van der Waals surface area contributed by atoms with Crippen LogP contribution in [-0.4, -0.2) is 32.0 Å². The van der Waals surface area contributed by atoms with Gasteiger partial charge in [-0.2, -0.15) is 10.1 Å². The lowest BCUT2D eigenvalue weighted by molar-refractivity contribution is 0.174. The molecule has 0 spiro atoms. The lowest BCUT2D eigenvalue weighted by Crippen LogP contribution is -2.10. The highest BCUT2D eigenvalue weighted by Crippen LogP contribution is 2.43. The highest BCUT2D eigenvalue weighted by Gasteiger charge is 2.32. The highest BCUT2D eigenvalue weighted by molar-refractivity contribution is 5.90. The van der Waals surface area contributed by atoms with E-state index in [2.05, 4.69) is 32.9 Å². The van der Waals surface area contributed by atoms with Crippen molar-refractivity contribution >= 4 is 11.0 Å². The van der Waals surface area contributed by atoms with Crippen LogP contribution in [-0.2, 0) is 11.3 Å². The van der Waals surface area contributed by atoms with Crippen LogP contribution < -0.4 is 0 Å². The Morgan fingerprint density at radius 1 is 1.28 bits per heavy atom. The second-order valence-corrected chi connectivity index (χ2v) is 7.22. The third kappa shape index (κ3) is 2.63. The number of methoxy groups -OCH3 is 1. The van der Waals surface area contributed by atoms with Gasteiger partial charge in [-0.15, -0.1) is 0 Å². The first-order chi connectivity index (χ1) is 12.2. The number of hydrogen-bond acceptors (Lipinski definition) is 6. The molecule has 3 aromatic rings. The van der Waals surface area contributed by atoms with Crippen molar-refractivity contribution in [3.63, 3.8) is 0 Å². The number of fused-ring (bicyclic) bond motifs is 1. The minimum Gasteiger partial charge on any atom is -0.377 e. The van der Waals surface area contributed by atoms with Crippen LogP contribution in [0, 0.1) is 5.92 Å². The van der Waals surface area contributed by atoms with Crippen LogP contribution in [0.15, 0.2) is 16.8 Å². The topological polar surface area (TPSA) is 78.9 Å². The molecule has 2 aliphatic carbocycles. The van der Waals surface area contributed by atoms with Crippen molar-refractivity contribution in [3.05, 3.63) is 23.8 Å². The van der Waals surface area contributed by atoms with E-state index in [1.807, 2.05) is 6.20 Å². The molecule has 0 bridgehead atoms. The maximum absolute atomic E-state index is 5.49. The van der Waals surface area contributed by atoms with Gasteiger partial charge in [0.05, 0.1) is 23.2 Å². The maximum Gasteiger partial charge on any atom is 0.258 e. The number of hydrogen-bond donors (Lipinski definition) is 0. The molecule has 25 heavy (non-hydrogen) atoms. The van der Waals surface area contributed by atoms with Gasteiger partial charge in [-0.1, -0.05) is 5.16 Å². The monoisotopic (exact) mass is 339 g/mol. The number of nitrogens with zero attached hydrogens (tertiary/aromatic N) is 5. The summed E-state index contributed by atoms with van der Waals surface area (Å²) in [7, 11) is 1.62. The Bertz CT molecular complexity index is 923. The predicted molar refractivity (Wildman–Crippen MR) is 90.9 cm³/mol. The Morgan fingerprint density at radius 3 is 2.84 bits per heavy atom. The Balaban J connectivity index is 1.65. The first kappa shape index (κ1) is 15.0. The molecule has 7 heteroatoms. The van der Waals surface area contributed by atoms with Crippen LogP contribution in [0.1, 0.15) is 56.1 Å². The smallest absolute Gasteiger partial charge is 0.258 e. The first-order valence-electron chi connectivity index (χ1n) is 8.94. The molecular formula is C18H21N5O2. The molecule has 7 nitrogen and oxygen atoms in total. The van der Waals surface area contributed by atoms with Crippen LogP contribution in [0.2, 0.25) is 0 Å². The average Bonchev–Trinajstić information content (AvgIpc) is 3.54. The van der Waals surface area contributed by atoms with E-state index in [4.69, 9.17) is 14.2 Å². The average molecular weight is 339 g/mol. The van der Waals surface area contributed by atoms with Crippen molar-refractivity contribution in [2.24, 2.45) is 5.92 Å². The summed E-state index contributed by atoms with van der Waals surface area (Å²) in [5.74, 6) is 2.33. The van der Waals surface area contributed by atoms with Crippen LogP contribution in [0.25, 0.3) is 22.5 Å². The van der Waals surface area contributed by atoms with E-state index in [0.29, 0.717) is 30.3 Å². The van der Waals surface area contributed by atoms with Gasteiger partial charge < -0.3 is 9.26 Å². The van der Waals surface area contributed by atoms with Gasteiger partial charge in [0, 0.05) is 18.7 Å². The van der Waals surface area contributed by atoms with Crippen LogP contribution in [0.5, 0.6) is 0 Å². The molecule has 2 fully saturated rings. The van der Waals surface area contributed by atoms with E-state index in [0.717, 1.165) is 28.2 Å². The Morgan fingerprint density at radius 2 is 2.12 bits per heavy atom. The van der Waals surface area contributed by atoms with E-state index in [-0.39, 0.29) is 0 Å². The molecule has 2 aliphatic rings. The molecule has 3 aromatic heterocycles. The molecule has 0 amide bonds. The summed E-state index contributed by atoms with van der Waals surface area (Å²) in [4.78, 5) is 9.42. The zero-order valence-electron chi connectivity index (χ0n) is 14.5. The fourth-order valence-corrected chi connectivity index (χ4v) is 3.43. The standard InChI is InChI=1S/C18H21N5O2/c1-10(11-3-4-11)23-17-14(8-19-23)13(7-15(20-17)12-5-6-12)18-21-16(9-24-2)22-25-18/h7-8,10-12H,3-6,9H2,1-2H3/t10-/m0/s1. The van der Waals surface area contributed by atoms with Crippen molar-refractivity contribution in [1.82, 2.24) is 24.9 Å². The molecule has 0 saturated heterocycles. The van der Waals surface area contributed by atoms with Crippen molar-refractivity contribution in [2.45, 2.75) is 51.2 Å². The molecule has 0 N–H and O–H groups in total.